The standard InChI is InChI=1S/C15H28N2O3/c1-3-5-8-12(7-4-2)17-14(20)16-11-15(13(18)19)9-6-10-15/h12H,3-11H2,1-2H3,(H,18,19)(H2,16,17,20). The lowest BCUT2D eigenvalue weighted by Crippen LogP contribution is -2.51. The zero-order valence-corrected chi connectivity index (χ0v) is 12.7. The van der Waals surface area contributed by atoms with E-state index in [2.05, 4.69) is 24.5 Å². The molecule has 3 N–H and O–H groups in total. The zero-order valence-electron chi connectivity index (χ0n) is 12.7. The van der Waals surface area contributed by atoms with Crippen molar-refractivity contribution in [3.8, 4) is 0 Å². The Morgan fingerprint density at radius 1 is 1.20 bits per heavy atom. The van der Waals surface area contributed by atoms with Gasteiger partial charge in [0.05, 0.1) is 5.41 Å². The predicted molar refractivity (Wildman–Crippen MR) is 78.7 cm³/mol. The van der Waals surface area contributed by atoms with Crippen molar-refractivity contribution in [2.24, 2.45) is 5.41 Å². The molecule has 1 fully saturated rings. The van der Waals surface area contributed by atoms with Gasteiger partial charge in [0.15, 0.2) is 0 Å². The van der Waals surface area contributed by atoms with Crippen LogP contribution in [0.5, 0.6) is 0 Å². The first-order valence-electron chi connectivity index (χ1n) is 7.82. The lowest BCUT2D eigenvalue weighted by atomic mass is 9.69. The quantitative estimate of drug-likeness (QED) is 0.609. The number of carboxylic acid groups (broad SMARTS) is 1. The van der Waals surface area contributed by atoms with Crippen molar-refractivity contribution >= 4 is 12.0 Å². The molecule has 116 valence electrons. The molecule has 0 aromatic carbocycles. The fourth-order valence-corrected chi connectivity index (χ4v) is 2.64. The second-order valence-electron chi connectivity index (χ2n) is 5.89. The summed E-state index contributed by atoms with van der Waals surface area (Å²) in [5.41, 5.74) is -0.721. The number of aliphatic carboxylic acids is 1. The van der Waals surface area contributed by atoms with Crippen LogP contribution < -0.4 is 10.6 Å². The lowest BCUT2D eigenvalue weighted by molar-refractivity contribution is -0.153. The monoisotopic (exact) mass is 284 g/mol. The molecule has 0 aliphatic heterocycles. The van der Waals surface area contributed by atoms with Crippen LogP contribution in [0.3, 0.4) is 0 Å². The molecule has 1 rings (SSSR count). The smallest absolute Gasteiger partial charge is 0.315 e. The van der Waals surface area contributed by atoms with Crippen molar-refractivity contribution in [2.75, 3.05) is 6.54 Å². The summed E-state index contributed by atoms with van der Waals surface area (Å²) in [6.45, 7) is 4.48. The van der Waals surface area contributed by atoms with Gasteiger partial charge in [0.2, 0.25) is 0 Å². The molecule has 0 aromatic heterocycles. The number of urea groups is 1. The SMILES string of the molecule is CCCCC(CCC)NC(=O)NCC1(C(=O)O)CCC1. The summed E-state index contributed by atoms with van der Waals surface area (Å²) in [5.74, 6) is -0.792. The first-order valence-corrected chi connectivity index (χ1v) is 7.82. The van der Waals surface area contributed by atoms with E-state index in [1.165, 1.54) is 0 Å². The van der Waals surface area contributed by atoms with Crippen molar-refractivity contribution in [1.29, 1.82) is 0 Å². The molecule has 0 bridgehead atoms. The average Bonchev–Trinajstić information content (AvgIpc) is 2.34. The van der Waals surface area contributed by atoms with Crippen molar-refractivity contribution < 1.29 is 14.7 Å². The fourth-order valence-electron chi connectivity index (χ4n) is 2.64. The van der Waals surface area contributed by atoms with Gasteiger partial charge in [-0.2, -0.15) is 0 Å². The first-order chi connectivity index (χ1) is 9.54. The maximum absolute atomic E-state index is 11.9. The van der Waals surface area contributed by atoms with Crippen LogP contribution in [0.2, 0.25) is 0 Å². The van der Waals surface area contributed by atoms with Gasteiger partial charge >= 0.3 is 12.0 Å². The number of carbonyl (C=O) groups excluding carboxylic acids is 1. The molecule has 1 saturated carbocycles. The summed E-state index contributed by atoms with van der Waals surface area (Å²) in [6.07, 6.45) is 7.47. The summed E-state index contributed by atoms with van der Waals surface area (Å²) in [4.78, 5) is 23.1. The molecule has 1 aliphatic carbocycles. The second kappa shape index (κ2) is 8.12. The van der Waals surface area contributed by atoms with E-state index in [1.807, 2.05) is 0 Å². The highest BCUT2D eigenvalue weighted by atomic mass is 16.4. The molecular formula is C15H28N2O3. The number of hydrogen-bond acceptors (Lipinski definition) is 2. The third-order valence-corrected chi connectivity index (χ3v) is 4.23. The maximum Gasteiger partial charge on any atom is 0.315 e. The fraction of sp³-hybridized carbons (Fsp3) is 0.867. The summed E-state index contributed by atoms with van der Waals surface area (Å²) in [5, 5.41) is 14.9. The van der Waals surface area contributed by atoms with Gasteiger partial charge in [-0.05, 0) is 25.7 Å². The van der Waals surface area contributed by atoms with Gasteiger partial charge in [-0.3, -0.25) is 4.79 Å². The molecule has 20 heavy (non-hydrogen) atoms. The zero-order chi connectivity index (χ0) is 15.0. The van der Waals surface area contributed by atoms with Crippen LogP contribution >= 0.6 is 0 Å². The van der Waals surface area contributed by atoms with E-state index >= 15 is 0 Å². The van der Waals surface area contributed by atoms with E-state index in [0.717, 1.165) is 38.5 Å². The van der Waals surface area contributed by atoms with Crippen LogP contribution in [0.25, 0.3) is 0 Å². The van der Waals surface area contributed by atoms with E-state index in [-0.39, 0.29) is 18.6 Å². The summed E-state index contributed by atoms with van der Waals surface area (Å²) >= 11 is 0. The Kier molecular flexibility index (Phi) is 6.82. The molecular weight excluding hydrogens is 256 g/mol. The Morgan fingerprint density at radius 3 is 2.35 bits per heavy atom. The number of hydrogen-bond donors (Lipinski definition) is 3. The van der Waals surface area contributed by atoms with Crippen molar-refractivity contribution in [1.82, 2.24) is 10.6 Å². The van der Waals surface area contributed by atoms with Crippen LogP contribution in [-0.4, -0.2) is 29.7 Å². The minimum atomic E-state index is -0.792. The molecule has 2 amide bonds. The Hall–Kier alpha value is -1.26. The third kappa shape index (κ3) is 4.69. The van der Waals surface area contributed by atoms with Crippen LogP contribution in [0.15, 0.2) is 0 Å². The molecule has 1 atom stereocenters. The highest BCUT2D eigenvalue weighted by Gasteiger charge is 2.44. The number of nitrogens with one attached hydrogen (secondary N) is 2. The number of unbranched alkanes of at least 4 members (excludes halogenated alkanes) is 1. The molecule has 5 heteroatoms. The second-order valence-corrected chi connectivity index (χ2v) is 5.89. The topological polar surface area (TPSA) is 78.4 Å². The highest BCUT2D eigenvalue weighted by Crippen LogP contribution is 2.40. The summed E-state index contributed by atoms with van der Waals surface area (Å²) in [6, 6.07) is -0.0332. The number of rotatable bonds is 9. The highest BCUT2D eigenvalue weighted by molar-refractivity contribution is 5.78. The van der Waals surface area contributed by atoms with Crippen molar-refractivity contribution in [3.05, 3.63) is 0 Å². The Balaban J connectivity index is 2.35. The van der Waals surface area contributed by atoms with E-state index < -0.39 is 11.4 Å². The molecule has 0 heterocycles. The molecule has 1 aliphatic rings. The molecule has 0 aromatic rings. The molecule has 0 radical (unpaired) electrons. The Labute approximate surface area is 121 Å². The average molecular weight is 284 g/mol. The van der Waals surface area contributed by atoms with Gasteiger partial charge in [0.25, 0.3) is 0 Å². The first kappa shape index (κ1) is 16.8. The molecule has 0 saturated heterocycles. The van der Waals surface area contributed by atoms with Crippen molar-refractivity contribution in [3.63, 3.8) is 0 Å². The number of amides is 2. The maximum atomic E-state index is 11.9. The normalized spacial score (nSPS) is 17.9. The minimum absolute atomic E-state index is 0.196. The van der Waals surface area contributed by atoms with Gasteiger partial charge < -0.3 is 15.7 Å². The van der Waals surface area contributed by atoms with E-state index in [9.17, 15) is 14.7 Å². The van der Waals surface area contributed by atoms with Crippen LogP contribution in [0, 0.1) is 5.41 Å². The van der Waals surface area contributed by atoms with E-state index in [0.29, 0.717) is 12.8 Å². The minimum Gasteiger partial charge on any atom is -0.481 e. The summed E-state index contributed by atoms with van der Waals surface area (Å²) in [7, 11) is 0. The molecule has 5 nitrogen and oxygen atoms in total. The van der Waals surface area contributed by atoms with E-state index in [4.69, 9.17) is 0 Å². The Bertz CT molecular complexity index is 327. The molecule has 1 unspecified atom stereocenters. The summed E-state index contributed by atoms with van der Waals surface area (Å²) < 4.78 is 0. The molecule has 0 spiro atoms. The number of carbonyl (C=O) groups is 2. The van der Waals surface area contributed by atoms with Gasteiger partial charge in [0, 0.05) is 12.6 Å². The predicted octanol–water partition coefficient (Wildman–Crippen LogP) is 2.90. The van der Waals surface area contributed by atoms with E-state index in [1.54, 1.807) is 0 Å². The number of carboxylic acids is 1. The van der Waals surface area contributed by atoms with Crippen LogP contribution in [0.4, 0.5) is 4.79 Å². The van der Waals surface area contributed by atoms with Gasteiger partial charge in [-0.15, -0.1) is 0 Å². The van der Waals surface area contributed by atoms with Crippen LogP contribution in [-0.2, 0) is 4.79 Å². The lowest BCUT2D eigenvalue weighted by Gasteiger charge is -2.37. The third-order valence-electron chi connectivity index (χ3n) is 4.23. The van der Waals surface area contributed by atoms with Crippen molar-refractivity contribution in [2.45, 2.75) is 71.3 Å². The Morgan fingerprint density at radius 2 is 1.90 bits per heavy atom. The van der Waals surface area contributed by atoms with Gasteiger partial charge in [-0.1, -0.05) is 39.5 Å². The van der Waals surface area contributed by atoms with Crippen LogP contribution in [0.1, 0.15) is 65.2 Å². The van der Waals surface area contributed by atoms with Gasteiger partial charge in [-0.25, -0.2) is 4.79 Å². The van der Waals surface area contributed by atoms with Gasteiger partial charge in [0.1, 0.15) is 0 Å². The largest absolute Gasteiger partial charge is 0.481 e.